The minimum atomic E-state index is -0.287. The van der Waals surface area contributed by atoms with Gasteiger partial charge in [-0.3, -0.25) is 14.0 Å². The van der Waals surface area contributed by atoms with Gasteiger partial charge in [0.2, 0.25) is 5.91 Å². The lowest BCUT2D eigenvalue weighted by Crippen LogP contribution is -2.28. The molecule has 25 heavy (non-hydrogen) atoms. The smallest absolute Gasteiger partial charge is 0.221 e. The van der Waals surface area contributed by atoms with Crippen LogP contribution in [0.4, 0.5) is 0 Å². The second-order valence-electron chi connectivity index (χ2n) is 6.03. The van der Waals surface area contributed by atoms with E-state index in [9.17, 15) is 9.59 Å². The molecule has 3 aromatic rings. The van der Waals surface area contributed by atoms with Crippen LogP contribution < -0.4 is 5.32 Å². The number of rotatable bonds is 6. The van der Waals surface area contributed by atoms with Gasteiger partial charge in [0, 0.05) is 34.4 Å². The van der Waals surface area contributed by atoms with Gasteiger partial charge in [-0.1, -0.05) is 6.07 Å². The van der Waals surface area contributed by atoms with Crippen LogP contribution in [-0.4, -0.2) is 26.3 Å². The summed E-state index contributed by atoms with van der Waals surface area (Å²) in [5.74, 6) is 0.510. The van der Waals surface area contributed by atoms with Crippen LogP contribution in [0.5, 0.6) is 0 Å². The number of pyridine rings is 1. The number of fused-ring (bicyclic) bond motifs is 1. The maximum Gasteiger partial charge on any atom is 0.221 e. The second-order valence-corrected chi connectivity index (χ2v) is 7.49. The quantitative estimate of drug-likeness (QED) is 0.688. The Balaban J connectivity index is 1.59. The highest BCUT2D eigenvalue weighted by molar-refractivity contribution is 7.12. The van der Waals surface area contributed by atoms with Gasteiger partial charge in [0.15, 0.2) is 17.3 Å². The first kappa shape index (κ1) is 17.3. The van der Waals surface area contributed by atoms with Crippen molar-refractivity contribution < 1.29 is 9.59 Å². The van der Waals surface area contributed by atoms with E-state index in [4.69, 9.17) is 0 Å². The number of thiophene rings is 1. The molecule has 130 valence electrons. The van der Waals surface area contributed by atoms with Crippen molar-refractivity contribution >= 4 is 28.7 Å². The number of amides is 1. The predicted molar refractivity (Wildman–Crippen MR) is 96.9 cm³/mol. The third kappa shape index (κ3) is 3.76. The molecule has 0 radical (unpaired) electrons. The molecule has 7 heteroatoms. The molecule has 0 fully saturated rings. The highest BCUT2D eigenvalue weighted by Gasteiger charge is 2.18. The van der Waals surface area contributed by atoms with E-state index in [1.165, 1.54) is 0 Å². The van der Waals surface area contributed by atoms with E-state index < -0.39 is 0 Å². The first-order valence-electron chi connectivity index (χ1n) is 8.15. The molecule has 3 heterocycles. The van der Waals surface area contributed by atoms with E-state index >= 15 is 0 Å². The Morgan fingerprint density at radius 2 is 2.04 bits per heavy atom. The number of aryl methyl sites for hydroxylation is 2. The number of hydrogen-bond donors (Lipinski definition) is 1. The molecule has 0 aliphatic rings. The number of aromatic nitrogens is 3. The molecular weight excluding hydrogens is 336 g/mol. The molecule has 1 N–H and O–H groups in total. The lowest BCUT2D eigenvalue weighted by molar-refractivity contribution is -0.121. The van der Waals surface area contributed by atoms with Crippen molar-refractivity contribution in [2.24, 2.45) is 0 Å². The SMILES string of the molecule is Cc1cc(C(=O)CCC(=O)NC(C)c2nnc3ccccn23)c(C)s1. The fraction of sp³-hybridized carbons (Fsp3) is 0.333. The van der Waals surface area contributed by atoms with Gasteiger partial charge in [-0.25, -0.2) is 0 Å². The van der Waals surface area contributed by atoms with Crippen LogP contribution in [0.1, 0.15) is 51.7 Å². The Bertz CT molecular complexity index is 928. The molecule has 0 spiro atoms. The van der Waals surface area contributed by atoms with Gasteiger partial charge in [-0.15, -0.1) is 21.5 Å². The topological polar surface area (TPSA) is 76.4 Å². The molecule has 0 aliphatic carbocycles. The number of carbonyl (C=O) groups excluding carboxylic acids is 2. The standard InChI is InChI=1S/C18H20N4O2S/c1-11-10-14(13(3)25-11)15(23)7-8-17(24)19-12(2)18-21-20-16-6-4-5-9-22(16)18/h4-6,9-10,12H,7-8H2,1-3H3,(H,19,24). The van der Waals surface area contributed by atoms with E-state index in [-0.39, 0.29) is 30.6 Å². The molecule has 0 saturated carbocycles. The van der Waals surface area contributed by atoms with Crippen LogP contribution in [0, 0.1) is 13.8 Å². The normalized spacial score (nSPS) is 12.3. The zero-order valence-electron chi connectivity index (χ0n) is 14.4. The zero-order chi connectivity index (χ0) is 18.0. The maximum absolute atomic E-state index is 12.3. The number of carbonyl (C=O) groups is 2. The summed E-state index contributed by atoms with van der Waals surface area (Å²) in [5, 5.41) is 11.1. The molecule has 0 aromatic carbocycles. The third-order valence-electron chi connectivity index (χ3n) is 4.03. The Morgan fingerprint density at radius 1 is 1.24 bits per heavy atom. The Morgan fingerprint density at radius 3 is 2.76 bits per heavy atom. The van der Waals surface area contributed by atoms with Gasteiger partial charge in [0.05, 0.1) is 6.04 Å². The summed E-state index contributed by atoms with van der Waals surface area (Å²) in [5.41, 5.74) is 1.46. The molecular formula is C18H20N4O2S. The Labute approximate surface area is 149 Å². The monoisotopic (exact) mass is 356 g/mol. The number of nitrogens with zero attached hydrogens (tertiary/aromatic N) is 3. The lowest BCUT2D eigenvalue weighted by Gasteiger charge is -2.12. The molecule has 1 unspecified atom stereocenters. The minimum absolute atomic E-state index is 0.0116. The highest BCUT2D eigenvalue weighted by Crippen LogP contribution is 2.22. The van der Waals surface area contributed by atoms with E-state index in [2.05, 4.69) is 15.5 Å². The van der Waals surface area contributed by atoms with Gasteiger partial charge in [0.25, 0.3) is 0 Å². The minimum Gasteiger partial charge on any atom is -0.346 e. The van der Waals surface area contributed by atoms with E-state index in [0.717, 1.165) is 21.0 Å². The molecule has 3 rings (SSSR count). The van der Waals surface area contributed by atoms with Gasteiger partial charge >= 0.3 is 0 Å². The van der Waals surface area contributed by atoms with Crippen LogP contribution >= 0.6 is 11.3 Å². The lowest BCUT2D eigenvalue weighted by atomic mass is 10.1. The Hall–Kier alpha value is -2.54. The number of hydrogen-bond acceptors (Lipinski definition) is 5. The number of nitrogens with one attached hydrogen (secondary N) is 1. The molecule has 0 bridgehead atoms. The van der Waals surface area contributed by atoms with Crippen LogP contribution in [0.2, 0.25) is 0 Å². The number of ketones is 1. The summed E-state index contributed by atoms with van der Waals surface area (Å²) in [6, 6.07) is 7.24. The summed E-state index contributed by atoms with van der Waals surface area (Å²) >= 11 is 1.60. The van der Waals surface area contributed by atoms with Crippen LogP contribution in [0.15, 0.2) is 30.5 Å². The first-order valence-corrected chi connectivity index (χ1v) is 8.96. The van der Waals surface area contributed by atoms with Gasteiger partial charge in [0.1, 0.15) is 0 Å². The van der Waals surface area contributed by atoms with Crippen molar-refractivity contribution in [2.45, 2.75) is 39.7 Å². The maximum atomic E-state index is 12.3. The van der Waals surface area contributed by atoms with Crippen LogP contribution in [0.25, 0.3) is 5.65 Å². The summed E-state index contributed by atoms with van der Waals surface area (Å²) in [7, 11) is 0. The van der Waals surface area contributed by atoms with Crippen LogP contribution in [-0.2, 0) is 4.79 Å². The van der Waals surface area contributed by atoms with Crippen molar-refractivity contribution in [1.82, 2.24) is 19.9 Å². The fourth-order valence-corrected chi connectivity index (χ4v) is 3.75. The van der Waals surface area contributed by atoms with Gasteiger partial charge in [-0.2, -0.15) is 0 Å². The van der Waals surface area contributed by atoms with E-state index in [1.54, 1.807) is 11.3 Å². The average molecular weight is 356 g/mol. The molecule has 3 aromatic heterocycles. The van der Waals surface area contributed by atoms with Crippen molar-refractivity contribution in [3.8, 4) is 0 Å². The molecule has 0 aliphatic heterocycles. The van der Waals surface area contributed by atoms with Crippen molar-refractivity contribution in [2.75, 3.05) is 0 Å². The Kier molecular flexibility index (Phi) is 4.94. The van der Waals surface area contributed by atoms with Crippen molar-refractivity contribution in [3.05, 3.63) is 51.6 Å². The first-order chi connectivity index (χ1) is 12.0. The average Bonchev–Trinajstić information content (AvgIpc) is 3.15. The summed E-state index contributed by atoms with van der Waals surface area (Å²) in [6.45, 7) is 5.77. The van der Waals surface area contributed by atoms with Crippen LogP contribution in [0.3, 0.4) is 0 Å². The van der Waals surface area contributed by atoms with E-state index in [1.807, 2.05) is 55.6 Å². The van der Waals surface area contributed by atoms with Gasteiger partial charge in [-0.05, 0) is 39.0 Å². The summed E-state index contributed by atoms with van der Waals surface area (Å²) in [6.07, 6.45) is 2.23. The fourth-order valence-electron chi connectivity index (χ4n) is 2.80. The second kappa shape index (κ2) is 7.14. The highest BCUT2D eigenvalue weighted by atomic mass is 32.1. The predicted octanol–water partition coefficient (Wildman–Crippen LogP) is 3.25. The number of Topliss-reactive ketones (excluding diaryl/α,β-unsaturated/α-hetero) is 1. The zero-order valence-corrected chi connectivity index (χ0v) is 15.3. The van der Waals surface area contributed by atoms with Crippen molar-refractivity contribution in [3.63, 3.8) is 0 Å². The molecule has 1 atom stereocenters. The largest absolute Gasteiger partial charge is 0.346 e. The molecule has 1 amide bonds. The summed E-state index contributed by atoms with van der Waals surface area (Å²) in [4.78, 5) is 26.6. The molecule has 0 saturated heterocycles. The third-order valence-corrected chi connectivity index (χ3v) is 4.99. The van der Waals surface area contributed by atoms with E-state index in [0.29, 0.717) is 5.82 Å². The van der Waals surface area contributed by atoms with Crippen molar-refractivity contribution in [1.29, 1.82) is 0 Å². The summed E-state index contributed by atoms with van der Waals surface area (Å²) < 4.78 is 1.84. The van der Waals surface area contributed by atoms with Gasteiger partial charge < -0.3 is 5.32 Å². The molecule has 6 nitrogen and oxygen atoms in total.